The highest BCUT2D eigenvalue weighted by atomic mass is 16.5. The van der Waals surface area contributed by atoms with E-state index in [0.717, 1.165) is 44.3 Å². The highest BCUT2D eigenvalue weighted by molar-refractivity contribution is 5.97. The Labute approximate surface area is 154 Å². The van der Waals surface area contributed by atoms with Gasteiger partial charge in [-0.05, 0) is 19.1 Å². The molecule has 0 bridgehead atoms. The first kappa shape index (κ1) is 18.7. The Hall–Kier alpha value is -2.12. The van der Waals surface area contributed by atoms with Crippen molar-refractivity contribution in [2.75, 3.05) is 50.8 Å². The number of ether oxygens (including phenoxy) is 2. The third-order valence-electron chi connectivity index (χ3n) is 4.64. The number of hydrogen-bond acceptors (Lipinski definition) is 5. The van der Waals surface area contributed by atoms with Crippen molar-refractivity contribution in [3.05, 3.63) is 24.3 Å². The zero-order chi connectivity index (χ0) is 18.4. The van der Waals surface area contributed by atoms with Gasteiger partial charge in [-0.2, -0.15) is 0 Å². The lowest BCUT2D eigenvalue weighted by Gasteiger charge is -2.33. The van der Waals surface area contributed by atoms with Gasteiger partial charge in [0, 0.05) is 39.0 Å². The SMILES string of the molecule is C[C@@H]1CN(C(=O)CCC(=O)NCCN2CCOCC2)c2ccccc2O1. The van der Waals surface area contributed by atoms with Crippen molar-refractivity contribution in [2.24, 2.45) is 0 Å². The smallest absolute Gasteiger partial charge is 0.227 e. The van der Waals surface area contributed by atoms with Crippen LogP contribution >= 0.6 is 0 Å². The molecule has 1 saturated heterocycles. The zero-order valence-electron chi connectivity index (χ0n) is 15.3. The number of fused-ring (bicyclic) bond motifs is 1. The number of carbonyl (C=O) groups excluding carboxylic acids is 2. The van der Waals surface area contributed by atoms with E-state index in [9.17, 15) is 9.59 Å². The predicted octanol–water partition coefficient (Wildman–Crippen LogP) is 1.03. The molecule has 2 aliphatic rings. The Morgan fingerprint density at radius 1 is 1.19 bits per heavy atom. The minimum absolute atomic E-state index is 0.0454. The first-order valence-electron chi connectivity index (χ1n) is 9.26. The summed E-state index contributed by atoms with van der Waals surface area (Å²) in [5, 5.41) is 2.90. The van der Waals surface area contributed by atoms with Crippen molar-refractivity contribution in [1.82, 2.24) is 10.2 Å². The molecule has 2 aliphatic heterocycles. The maximum Gasteiger partial charge on any atom is 0.227 e. The number of hydrogen-bond donors (Lipinski definition) is 1. The lowest BCUT2D eigenvalue weighted by atomic mass is 10.1. The van der Waals surface area contributed by atoms with Crippen LogP contribution in [0.25, 0.3) is 0 Å². The summed E-state index contributed by atoms with van der Waals surface area (Å²) >= 11 is 0. The highest BCUT2D eigenvalue weighted by Gasteiger charge is 2.27. The molecule has 7 heteroatoms. The molecule has 2 amide bonds. The zero-order valence-corrected chi connectivity index (χ0v) is 15.3. The monoisotopic (exact) mass is 361 g/mol. The van der Waals surface area contributed by atoms with Crippen molar-refractivity contribution < 1.29 is 19.1 Å². The van der Waals surface area contributed by atoms with Gasteiger partial charge in [0.15, 0.2) is 0 Å². The molecular weight excluding hydrogens is 334 g/mol. The van der Waals surface area contributed by atoms with E-state index in [-0.39, 0.29) is 30.8 Å². The lowest BCUT2D eigenvalue weighted by molar-refractivity contribution is -0.125. The second kappa shape index (κ2) is 9.00. The van der Waals surface area contributed by atoms with E-state index in [4.69, 9.17) is 9.47 Å². The molecule has 0 radical (unpaired) electrons. The quantitative estimate of drug-likeness (QED) is 0.819. The van der Waals surface area contributed by atoms with Crippen LogP contribution in [0.4, 0.5) is 5.69 Å². The minimum Gasteiger partial charge on any atom is -0.487 e. The molecule has 1 aromatic rings. The van der Waals surface area contributed by atoms with Gasteiger partial charge >= 0.3 is 0 Å². The van der Waals surface area contributed by atoms with E-state index in [1.165, 1.54) is 0 Å². The Morgan fingerprint density at radius 2 is 1.96 bits per heavy atom. The molecule has 26 heavy (non-hydrogen) atoms. The number of carbonyl (C=O) groups is 2. The average Bonchev–Trinajstić information content (AvgIpc) is 2.66. The second-order valence-electron chi connectivity index (χ2n) is 6.70. The largest absolute Gasteiger partial charge is 0.487 e. The molecule has 0 aromatic heterocycles. The van der Waals surface area contributed by atoms with Crippen LogP contribution in [-0.4, -0.2) is 68.8 Å². The summed E-state index contributed by atoms with van der Waals surface area (Å²) in [7, 11) is 0. The first-order valence-corrected chi connectivity index (χ1v) is 9.26. The van der Waals surface area contributed by atoms with Crippen molar-refractivity contribution in [2.45, 2.75) is 25.9 Å². The molecule has 7 nitrogen and oxygen atoms in total. The van der Waals surface area contributed by atoms with Crippen LogP contribution in [0.15, 0.2) is 24.3 Å². The molecule has 0 unspecified atom stereocenters. The number of nitrogens with one attached hydrogen (secondary N) is 1. The standard InChI is InChI=1S/C19H27N3O4/c1-15-14-22(16-4-2-3-5-17(16)26-15)19(24)7-6-18(23)20-8-9-21-10-12-25-13-11-21/h2-5,15H,6-14H2,1H3,(H,20,23)/t15-/m1/s1. The third kappa shape index (κ3) is 4.95. The van der Waals surface area contributed by atoms with Gasteiger partial charge in [0.2, 0.25) is 11.8 Å². The molecule has 142 valence electrons. The van der Waals surface area contributed by atoms with Gasteiger partial charge in [-0.1, -0.05) is 12.1 Å². The number of morpholine rings is 1. The van der Waals surface area contributed by atoms with Crippen molar-refractivity contribution in [3.8, 4) is 5.75 Å². The number of para-hydroxylation sites is 2. The minimum atomic E-state index is -0.0822. The van der Waals surface area contributed by atoms with Gasteiger partial charge < -0.3 is 19.7 Å². The molecule has 1 N–H and O–H groups in total. The molecule has 0 saturated carbocycles. The molecule has 0 aliphatic carbocycles. The topological polar surface area (TPSA) is 71.1 Å². The summed E-state index contributed by atoms with van der Waals surface area (Å²) in [6.45, 7) is 7.18. The van der Waals surface area contributed by atoms with Gasteiger partial charge in [-0.15, -0.1) is 0 Å². The lowest BCUT2D eigenvalue weighted by Crippen LogP contribution is -2.43. The summed E-state index contributed by atoms with van der Waals surface area (Å²) in [6, 6.07) is 7.52. The van der Waals surface area contributed by atoms with E-state index >= 15 is 0 Å². The average molecular weight is 361 g/mol. The molecule has 1 atom stereocenters. The molecular formula is C19H27N3O4. The van der Waals surface area contributed by atoms with Gasteiger partial charge in [-0.25, -0.2) is 0 Å². The fraction of sp³-hybridized carbons (Fsp3) is 0.579. The second-order valence-corrected chi connectivity index (χ2v) is 6.70. The Morgan fingerprint density at radius 3 is 2.77 bits per heavy atom. The Kier molecular flexibility index (Phi) is 6.46. The van der Waals surface area contributed by atoms with Crippen LogP contribution in [0.5, 0.6) is 5.75 Å². The van der Waals surface area contributed by atoms with Crippen molar-refractivity contribution in [3.63, 3.8) is 0 Å². The summed E-state index contributed by atoms with van der Waals surface area (Å²) in [6.07, 6.45) is 0.344. The van der Waals surface area contributed by atoms with Crippen LogP contribution < -0.4 is 15.0 Å². The number of benzene rings is 1. The van der Waals surface area contributed by atoms with Gasteiger partial charge in [-0.3, -0.25) is 14.5 Å². The molecule has 1 fully saturated rings. The fourth-order valence-electron chi connectivity index (χ4n) is 3.25. The molecule has 0 spiro atoms. The number of nitrogens with zero attached hydrogens (tertiary/aromatic N) is 2. The van der Waals surface area contributed by atoms with Gasteiger partial charge in [0.25, 0.3) is 0 Å². The van der Waals surface area contributed by atoms with Crippen molar-refractivity contribution >= 4 is 17.5 Å². The van der Waals surface area contributed by atoms with Gasteiger partial charge in [0.05, 0.1) is 25.4 Å². The maximum absolute atomic E-state index is 12.6. The van der Waals surface area contributed by atoms with E-state index in [2.05, 4.69) is 10.2 Å². The number of amides is 2. The molecule has 1 aromatic carbocycles. The van der Waals surface area contributed by atoms with Crippen LogP contribution in [-0.2, 0) is 14.3 Å². The van der Waals surface area contributed by atoms with Crippen LogP contribution in [0.2, 0.25) is 0 Å². The highest BCUT2D eigenvalue weighted by Crippen LogP contribution is 2.33. The maximum atomic E-state index is 12.6. The number of anilines is 1. The fourth-order valence-corrected chi connectivity index (χ4v) is 3.25. The van der Waals surface area contributed by atoms with Crippen LogP contribution in [0.1, 0.15) is 19.8 Å². The van der Waals surface area contributed by atoms with Crippen molar-refractivity contribution in [1.29, 1.82) is 0 Å². The van der Waals surface area contributed by atoms with E-state index in [0.29, 0.717) is 13.1 Å². The summed E-state index contributed by atoms with van der Waals surface area (Å²) in [4.78, 5) is 28.6. The van der Waals surface area contributed by atoms with E-state index < -0.39 is 0 Å². The van der Waals surface area contributed by atoms with Crippen LogP contribution in [0.3, 0.4) is 0 Å². The van der Waals surface area contributed by atoms with Gasteiger partial charge in [0.1, 0.15) is 11.9 Å². The Bertz CT molecular complexity index is 631. The van der Waals surface area contributed by atoms with E-state index in [1.54, 1.807) is 4.90 Å². The summed E-state index contributed by atoms with van der Waals surface area (Å²) in [5.74, 6) is 0.590. The third-order valence-corrected chi connectivity index (χ3v) is 4.64. The van der Waals surface area contributed by atoms with Crippen LogP contribution in [0, 0.1) is 0 Å². The first-order chi connectivity index (χ1) is 12.6. The predicted molar refractivity (Wildman–Crippen MR) is 98.4 cm³/mol. The summed E-state index contributed by atoms with van der Waals surface area (Å²) < 4.78 is 11.1. The molecule has 3 rings (SSSR count). The normalized spacial score (nSPS) is 20.2. The van der Waals surface area contributed by atoms with E-state index in [1.807, 2.05) is 31.2 Å². The Balaban J connectivity index is 1.43. The summed E-state index contributed by atoms with van der Waals surface area (Å²) in [5.41, 5.74) is 0.781. The number of rotatable bonds is 6. The molecule has 2 heterocycles.